The molecule has 0 bridgehead atoms. The van der Waals surface area contributed by atoms with E-state index in [1.807, 2.05) is 0 Å². The number of nitrogens with zero attached hydrogens (tertiary/aromatic N) is 5. The van der Waals surface area contributed by atoms with Crippen LogP contribution in [0.3, 0.4) is 0 Å². The molecule has 1 unspecified atom stereocenters. The van der Waals surface area contributed by atoms with E-state index >= 15 is 0 Å². The molecule has 8 nitrogen and oxygen atoms in total. The van der Waals surface area contributed by atoms with E-state index in [1.165, 1.54) is 35.4 Å². The van der Waals surface area contributed by atoms with Crippen LogP contribution in [-0.2, 0) is 0 Å². The molecule has 12 heteroatoms. The summed E-state index contributed by atoms with van der Waals surface area (Å²) in [7, 11) is 0. The average Bonchev–Trinajstić information content (AvgIpc) is 3.28. The van der Waals surface area contributed by atoms with Crippen molar-refractivity contribution in [3.63, 3.8) is 0 Å². The van der Waals surface area contributed by atoms with Crippen molar-refractivity contribution < 1.29 is 4.39 Å². The third-order valence-corrected chi connectivity index (χ3v) is 6.18. The molecular weight excluding hydrogens is 492 g/mol. The molecule has 33 heavy (non-hydrogen) atoms. The van der Waals surface area contributed by atoms with Crippen LogP contribution in [0, 0.1) is 5.82 Å². The van der Waals surface area contributed by atoms with Gasteiger partial charge in [0.05, 0.1) is 44.0 Å². The molecule has 2 N–H and O–H groups in total. The molecule has 2 aromatic carbocycles. The number of anilines is 1. The van der Waals surface area contributed by atoms with Crippen molar-refractivity contribution in [2.24, 2.45) is 0 Å². The van der Waals surface area contributed by atoms with Gasteiger partial charge in [-0.2, -0.15) is 0 Å². The van der Waals surface area contributed by atoms with Crippen molar-refractivity contribution in [3.05, 3.63) is 80.0 Å². The van der Waals surface area contributed by atoms with Gasteiger partial charge in [0, 0.05) is 0 Å². The van der Waals surface area contributed by atoms with Crippen molar-refractivity contribution >= 4 is 62.7 Å². The fourth-order valence-corrected chi connectivity index (χ4v) is 4.06. The van der Waals surface area contributed by atoms with Crippen LogP contribution >= 0.6 is 34.8 Å². The lowest BCUT2D eigenvalue weighted by molar-refractivity contribution is 0.629. The molecule has 1 atom stereocenters. The number of halogens is 4. The molecule has 0 aliphatic heterocycles. The van der Waals surface area contributed by atoms with Crippen LogP contribution in [0.1, 0.15) is 18.8 Å². The zero-order chi connectivity index (χ0) is 23.3. The standard InChI is InChI=1S/C21H13Cl3FN7O/c1-9(30-19-17-18(27-7-26-17)28-8-29-19)20-31-14-5-4-13(25)16(24)15(14)21(33)32(20)10-2-3-11(22)12(23)6-10/h2-9H,1H3,(H2,26,27,28,29,30). The van der Waals surface area contributed by atoms with E-state index in [-0.39, 0.29) is 20.9 Å². The molecular formula is C21H13Cl3FN7O. The summed E-state index contributed by atoms with van der Waals surface area (Å²) in [5.74, 6) is 0.0429. The highest BCUT2D eigenvalue weighted by atomic mass is 35.5. The zero-order valence-electron chi connectivity index (χ0n) is 16.8. The average molecular weight is 505 g/mol. The van der Waals surface area contributed by atoms with Gasteiger partial charge in [0.2, 0.25) is 0 Å². The Morgan fingerprint density at radius 3 is 2.70 bits per heavy atom. The normalized spacial score (nSPS) is 12.4. The molecule has 5 aromatic rings. The molecule has 166 valence electrons. The van der Waals surface area contributed by atoms with Crippen LogP contribution in [-0.4, -0.2) is 29.5 Å². The lowest BCUT2D eigenvalue weighted by atomic mass is 10.2. The number of hydrogen-bond donors (Lipinski definition) is 2. The van der Waals surface area contributed by atoms with Crippen LogP contribution in [0.4, 0.5) is 10.2 Å². The second-order valence-electron chi connectivity index (χ2n) is 7.15. The largest absolute Gasteiger partial charge is 0.358 e. The van der Waals surface area contributed by atoms with Gasteiger partial charge < -0.3 is 10.3 Å². The van der Waals surface area contributed by atoms with E-state index in [4.69, 9.17) is 34.8 Å². The SMILES string of the molecule is CC(Nc1ncnc2[nH]cnc12)c1nc2ccc(F)c(Cl)c2c(=O)n1-c1ccc(Cl)c(Cl)c1. The van der Waals surface area contributed by atoms with Gasteiger partial charge in [0.1, 0.15) is 23.5 Å². The summed E-state index contributed by atoms with van der Waals surface area (Å²) in [6.07, 6.45) is 2.89. The Labute approximate surface area is 200 Å². The summed E-state index contributed by atoms with van der Waals surface area (Å²) in [5.41, 5.74) is 1.16. The number of imidazole rings is 1. The lowest BCUT2D eigenvalue weighted by Crippen LogP contribution is -2.27. The second-order valence-corrected chi connectivity index (χ2v) is 8.34. The van der Waals surface area contributed by atoms with Gasteiger partial charge in [0.15, 0.2) is 11.5 Å². The van der Waals surface area contributed by atoms with E-state index in [2.05, 4.69) is 30.2 Å². The van der Waals surface area contributed by atoms with E-state index in [0.29, 0.717) is 33.5 Å². The van der Waals surface area contributed by atoms with Crippen molar-refractivity contribution in [1.29, 1.82) is 0 Å². The Balaban J connectivity index is 1.74. The maximum Gasteiger partial charge on any atom is 0.267 e. The van der Waals surface area contributed by atoms with Crippen molar-refractivity contribution in [2.75, 3.05) is 5.32 Å². The number of fused-ring (bicyclic) bond motifs is 2. The quantitative estimate of drug-likeness (QED) is 0.343. The van der Waals surface area contributed by atoms with Gasteiger partial charge in [-0.15, -0.1) is 0 Å². The lowest BCUT2D eigenvalue weighted by Gasteiger charge is -2.20. The number of benzene rings is 2. The van der Waals surface area contributed by atoms with Gasteiger partial charge in [-0.1, -0.05) is 34.8 Å². The molecule has 0 fully saturated rings. The van der Waals surface area contributed by atoms with Crippen molar-refractivity contribution in [3.8, 4) is 5.69 Å². The Morgan fingerprint density at radius 2 is 1.91 bits per heavy atom. The minimum absolute atomic E-state index is 0.0459. The van der Waals surface area contributed by atoms with Crippen LogP contribution in [0.25, 0.3) is 27.8 Å². The molecule has 0 aliphatic carbocycles. The van der Waals surface area contributed by atoms with Crippen LogP contribution < -0.4 is 10.9 Å². The van der Waals surface area contributed by atoms with E-state index < -0.39 is 17.4 Å². The smallest absolute Gasteiger partial charge is 0.267 e. The monoisotopic (exact) mass is 503 g/mol. The molecule has 0 amide bonds. The minimum Gasteiger partial charge on any atom is -0.358 e. The van der Waals surface area contributed by atoms with Gasteiger partial charge in [-0.05, 0) is 37.3 Å². The van der Waals surface area contributed by atoms with E-state index in [1.54, 1.807) is 19.1 Å². The molecule has 0 saturated carbocycles. The molecule has 0 saturated heterocycles. The molecule has 3 heterocycles. The fourth-order valence-electron chi connectivity index (χ4n) is 3.53. The Kier molecular flexibility index (Phi) is 5.40. The number of aromatic nitrogens is 6. The van der Waals surface area contributed by atoms with Gasteiger partial charge in [-0.3, -0.25) is 9.36 Å². The summed E-state index contributed by atoms with van der Waals surface area (Å²) in [6.45, 7) is 1.80. The van der Waals surface area contributed by atoms with Gasteiger partial charge >= 0.3 is 0 Å². The highest BCUT2D eigenvalue weighted by Crippen LogP contribution is 2.29. The van der Waals surface area contributed by atoms with Crippen LogP contribution in [0.15, 0.2) is 47.8 Å². The number of nitrogens with one attached hydrogen (secondary N) is 2. The molecule has 0 spiro atoms. The first-order valence-corrected chi connectivity index (χ1v) is 10.7. The number of H-pyrrole nitrogens is 1. The number of aromatic amines is 1. The maximum absolute atomic E-state index is 14.2. The Hall–Kier alpha value is -3.27. The molecule has 0 aliphatic rings. The summed E-state index contributed by atoms with van der Waals surface area (Å²) in [4.78, 5) is 33.7. The second kappa shape index (κ2) is 8.26. The fraction of sp³-hybridized carbons (Fsp3) is 0.0952. The summed E-state index contributed by atoms with van der Waals surface area (Å²) < 4.78 is 15.5. The highest BCUT2D eigenvalue weighted by molar-refractivity contribution is 6.42. The molecule has 5 rings (SSSR count). The summed E-state index contributed by atoms with van der Waals surface area (Å²) in [6, 6.07) is 6.73. The first-order chi connectivity index (χ1) is 15.8. The molecule has 3 aromatic heterocycles. The van der Waals surface area contributed by atoms with E-state index in [9.17, 15) is 9.18 Å². The first-order valence-electron chi connectivity index (χ1n) is 9.62. The number of hydrogen-bond acceptors (Lipinski definition) is 6. The summed E-state index contributed by atoms with van der Waals surface area (Å²) >= 11 is 18.4. The van der Waals surface area contributed by atoms with Gasteiger partial charge in [0.25, 0.3) is 5.56 Å². The van der Waals surface area contributed by atoms with Crippen molar-refractivity contribution in [2.45, 2.75) is 13.0 Å². The topological polar surface area (TPSA) is 101 Å². The van der Waals surface area contributed by atoms with Gasteiger partial charge in [-0.25, -0.2) is 24.3 Å². The predicted molar refractivity (Wildman–Crippen MR) is 126 cm³/mol. The van der Waals surface area contributed by atoms with E-state index in [0.717, 1.165) is 0 Å². The third-order valence-electron chi connectivity index (χ3n) is 5.07. The number of rotatable bonds is 4. The first kappa shape index (κ1) is 21.6. The predicted octanol–water partition coefficient (Wildman–Crippen LogP) is 5.32. The third kappa shape index (κ3) is 3.68. The maximum atomic E-state index is 14.2. The Morgan fingerprint density at radius 1 is 1.09 bits per heavy atom. The Bertz CT molecular complexity index is 1600. The van der Waals surface area contributed by atoms with Crippen LogP contribution in [0.5, 0.6) is 0 Å². The zero-order valence-corrected chi connectivity index (χ0v) is 19.0. The van der Waals surface area contributed by atoms with Crippen molar-refractivity contribution in [1.82, 2.24) is 29.5 Å². The molecule has 0 radical (unpaired) electrons. The minimum atomic E-state index is -0.718. The van der Waals surface area contributed by atoms with Crippen LogP contribution in [0.2, 0.25) is 15.1 Å². The highest BCUT2D eigenvalue weighted by Gasteiger charge is 2.22. The summed E-state index contributed by atoms with van der Waals surface area (Å²) in [5, 5.41) is 3.43.